The van der Waals surface area contributed by atoms with Gasteiger partial charge in [-0.1, -0.05) is 17.7 Å². The smallest absolute Gasteiger partial charge is 0.270 e. The number of hydrogen-bond acceptors (Lipinski definition) is 5. The van der Waals surface area contributed by atoms with E-state index in [1.807, 2.05) is 13.0 Å². The molecule has 1 fully saturated rings. The average Bonchev–Trinajstić information content (AvgIpc) is 2.63. The number of sulfonamides is 1. The minimum atomic E-state index is -3.59. The molecule has 27 heavy (non-hydrogen) atoms. The van der Waals surface area contributed by atoms with E-state index >= 15 is 0 Å². The number of hydrazone groups is 1. The summed E-state index contributed by atoms with van der Waals surface area (Å²) in [5, 5.41) is 5.24. The summed E-state index contributed by atoms with van der Waals surface area (Å²) >= 11 is 0. The second kappa shape index (κ2) is 7.40. The molecule has 0 spiro atoms. The van der Waals surface area contributed by atoms with Crippen LogP contribution in [0.1, 0.15) is 24.0 Å². The first kappa shape index (κ1) is 19.5. The van der Waals surface area contributed by atoms with Crippen LogP contribution in [0.3, 0.4) is 0 Å². The van der Waals surface area contributed by atoms with Crippen molar-refractivity contribution >= 4 is 27.5 Å². The molecule has 0 aliphatic carbocycles. The molecule has 9 heteroatoms. The summed E-state index contributed by atoms with van der Waals surface area (Å²) in [5.74, 6) is -0.339. The van der Waals surface area contributed by atoms with Crippen molar-refractivity contribution < 1.29 is 18.0 Å². The third-order valence-corrected chi connectivity index (χ3v) is 6.99. The topological polar surface area (TPSA) is 90.4 Å². The van der Waals surface area contributed by atoms with E-state index in [0.29, 0.717) is 30.1 Å². The number of carbonyl (C=O) groups is 2. The minimum absolute atomic E-state index is 0.115. The Hall–Kier alpha value is -2.26. The van der Waals surface area contributed by atoms with Gasteiger partial charge in [0, 0.05) is 46.1 Å². The van der Waals surface area contributed by atoms with E-state index in [1.165, 1.54) is 16.4 Å². The van der Waals surface area contributed by atoms with E-state index in [0.717, 1.165) is 11.1 Å². The maximum Gasteiger partial charge on any atom is 0.270 e. The third-order valence-electron chi connectivity index (χ3n) is 4.93. The summed E-state index contributed by atoms with van der Waals surface area (Å²) in [5.41, 5.74) is 2.08. The van der Waals surface area contributed by atoms with Crippen LogP contribution < -0.4 is 0 Å². The molecule has 1 aromatic carbocycles. The molecule has 2 amide bonds. The van der Waals surface area contributed by atoms with Gasteiger partial charge < -0.3 is 4.90 Å². The molecular weight excluding hydrogens is 368 g/mol. The van der Waals surface area contributed by atoms with Crippen molar-refractivity contribution in [3.63, 3.8) is 0 Å². The van der Waals surface area contributed by atoms with Gasteiger partial charge in [-0.3, -0.25) is 9.59 Å². The number of hydrogen-bond donors (Lipinski definition) is 0. The molecule has 1 aromatic rings. The zero-order chi connectivity index (χ0) is 19.8. The molecule has 0 unspecified atom stereocenters. The number of piperazine rings is 1. The van der Waals surface area contributed by atoms with Gasteiger partial charge in [-0.15, -0.1) is 0 Å². The molecule has 3 rings (SSSR count). The van der Waals surface area contributed by atoms with E-state index in [-0.39, 0.29) is 31.3 Å². The summed E-state index contributed by atoms with van der Waals surface area (Å²) in [6.07, 6.45) is 0.588. The van der Waals surface area contributed by atoms with Gasteiger partial charge in [0.1, 0.15) is 5.71 Å². The van der Waals surface area contributed by atoms with Crippen molar-refractivity contribution in [2.45, 2.75) is 31.6 Å². The Labute approximate surface area is 159 Å². The fraction of sp³-hybridized carbons (Fsp3) is 0.500. The van der Waals surface area contributed by atoms with E-state index in [1.54, 1.807) is 24.0 Å². The first-order valence-corrected chi connectivity index (χ1v) is 10.3. The monoisotopic (exact) mass is 392 g/mol. The fourth-order valence-electron chi connectivity index (χ4n) is 3.37. The Morgan fingerprint density at radius 1 is 1.07 bits per heavy atom. The molecule has 8 nitrogen and oxygen atoms in total. The van der Waals surface area contributed by atoms with Crippen LogP contribution in [-0.4, -0.2) is 73.4 Å². The maximum atomic E-state index is 12.9. The quantitative estimate of drug-likeness (QED) is 0.759. The van der Waals surface area contributed by atoms with E-state index in [9.17, 15) is 18.0 Å². The van der Waals surface area contributed by atoms with E-state index in [4.69, 9.17) is 0 Å². The summed E-state index contributed by atoms with van der Waals surface area (Å²) in [6, 6.07) is 5.28. The largest absolute Gasteiger partial charge is 0.335 e. The lowest BCUT2D eigenvalue weighted by Crippen LogP contribution is -2.52. The van der Waals surface area contributed by atoms with Crippen molar-refractivity contribution in [1.29, 1.82) is 0 Å². The van der Waals surface area contributed by atoms with Gasteiger partial charge in [0.15, 0.2) is 0 Å². The molecule has 1 saturated heterocycles. The Balaban J connectivity index is 1.69. The predicted octanol–water partition coefficient (Wildman–Crippen LogP) is 0.745. The van der Waals surface area contributed by atoms with Crippen molar-refractivity contribution in [3.8, 4) is 0 Å². The Morgan fingerprint density at radius 3 is 2.33 bits per heavy atom. The van der Waals surface area contributed by atoms with Crippen LogP contribution in [0, 0.1) is 13.8 Å². The lowest BCUT2D eigenvalue weighted by molar-refractivity contribution is -0.130. The number of benzene rings is 1. The highest BCUT2D eigenvalue weighted by Crippen LogP contribution is 2.22. The molecule has 0 atom stereocenters. The summed E-state index contributed by atoms with van der Waals surface area (Å²) in [7, 11) is -2.06. The van der Waals surface area contributed by atoms with Crippen molar-refractivity contribution in [2.24, 2.45) is 5.10 Å². The molecular formula is C18H24N4O4S. The standard InChI is InChI=1S/C18H24N4O4S/c1-13-4-6-16(14(2)12-13)27(25,26)22-10-8-21(9-11-22)18(24)15-5-7-17(23)20(3)19-15/h4,6,12H,5,7-11H2,1-3H3. The van der Waals surface area contributed by atoms with Crippen LogP contribution in [0.4, 0.5) is 0 Å². The summed E-state index contributed by atoms with van der Waals surface area (Å²) < 4.78 is 27.3. The Bertz CT molecular complexity index is 902. The third kappa shape index (κ3) is 3.89. The second-order valence-corrected chi connectivity index (χ2v) is 8.84. The number of amides is 2. The van der Waals surface area contributed by atoms with Crippen LogP contribution in [0.25, 0.3) is 0 Å². The molecule has 0 saturated carbocycles. The molecule has 2 aliphatic heterocycles. The fourth-order valence-corrected chi connectivity index (χ4v) is 4.99. The SMILES string of the molecule is Cc1ccc(S(=O)(=O)N2CCN(C(=O)C3=NN(C)C(=O)CC3)CC2)c(C)c1. The van der Waals surface area contributed by atoms with Gasteiger partial charge in [0.05, 0.1) is 4.90 Å². The first-order valence-electron chi connectivity index (χ1n) is 8.91. The predicted molar refractivity (Wildman–Crippen MR) is 101 cm³/mol. The van der Waals surface area contributed by atoms with Crippen LogP contribution in [0.5, 0.6) is 0 Å². The molecule has 146 valence electrons. The first-order chi connectivity index (χ1) is 12.7. The highest BCUT2D eigenvalue weighted by atomic mass is 32.2. The second-order valence-electron chi connectivity index (χ2n) is 6.93. The highest BCUT2D eigenvalue weighted by Gasteiger charge is 2.33. The average molecular weight is 392 g/mol. The number of carbonyl (C=O) groups excluding carboxylic acids is 2. The maximum absolute atomic E-state index is 12.9. The molecule has 0 radical (unpaired) electrons. The van der Waals surface area contributed by atoms with Crippen LogP contribution >= 0.6 is 0 Å². The number of aryl methyl sites for hydroxylation is 2. The number of rotatable bonds is 3. The van der Waals surface area contributed by atoms with Crippen LogP contribution in [0.2, 0.25) is 0 Å². The van der Waals surface area contributed by atoms with Gasteiger partial charge in [-0.25, -0.2) is 13.4 Å². The molecule has 2 aliphatic rings. The summed E-state index contributed by atoms with van der Waals surface area (Å²) in [4.78, 5) is 26.0. The van der Waals surface area contributed by atoms with E-state index in [2.05, 4.69) is 5.10 Å². The van der Waals surface area contributed by atoms with Gasteiger partial charge in [-0.2, -0.15) is 9.41 Å². The molecule has 0 bridgehead atoms. The van der Waals surface area contributed by atoms with Crippen molar-refractivity contribution in [1.82, 2.24) is 14.2 Å². The zero-order valence-electron chi connectivity index (χ0n) is 15.8. The number of nitrogens with zero attached hydrogens (tertiary/aromatic N) is 4. The molecule has 0 N–H and O–H groups in total. The van der Waals surface area contributed by atoms with Crippen molar-refractivity contribution in [2.75, 3.05) is 33.2 Å². The van der Waals surface area contributed by atoms with Crippen molar-refractivity contribution in [3.05, 3.63) is 29.3 Å². The van der Waals surface area contributed by atoms with Crippen LogP contribution in [0.15, 0.2) is 28.2 Å². The lowest BCUT2D eigenvalue weighted by atomic mass is 10.1. The minimum Gasteiger partial charge on any atom is -0.335 e. The highest BCUT2D eigenvalue weighted by molar-refractivity contribution is 7.89. The van der Waals surface area contributed by atoms with Gasteiger partial charge >= 0.3 is 0 Å². The Kier molecular flexibility index (Phi) is 5.34. The normalized spacial score (nSPS) is 19.2. The van der Waals surface area contributed by atoms with E-state index < -0.39 is 10.0 Å². The molecule has 0 aromatic heterocycles. The zero-order valence-corrected chi connectivity index (χ0v) is 16.6. The Morgan fingerprint density at radius 2 is 1.74 bits per heavy atom. The molecule has 2 heterocycles. The van der Waals surface area contributed by atoms with Gasteiger partial charge in [-0.05, 0) is 25.5 Å². The van der Waals surface area contributed by atoms with Gasteiger partial charge in [0.25, 0.3) is 5.91 Å². The summed E-state index contributed by atoms with van der Waals surface area (Å²) in [6.45, 7) is 4.80. The van der Waals surface area contributed by atoms with Gasteiger partial charge in [0.2, 0.25) is 15.9 Å². The van der Waals surface area contributed by atoms with Crippen LogP contribution in [-0.2, 0) is 19.6 Å². The lowest BCUT2D eigenvalue weighted by Gasteiger charge is -2.35.